The maximum atomic E-state index is 13.2. The smallest absolute Gasteiger partial charge is 0.294 e. The van der Waals surface area contributed by atoms with Gasteiger partial charge in [-0.15, -0.1) is 0 Å². The molecule has 2 aromatic rings. The van der Waals surface area contributed by atoms with Crippen molar-refractivity contribution in [2.24, 2.45) is 0 Å². The Hall–Kier alpha value is -2.17. The molecule has 0 aliphatic rings. The minimum atomic E-state index is -4.82. The van der Waals surface area contributed by atoms with Crippen LogP contribution in [-0.2, 0) is 12.6 Å². The molecule has 0 N–H and O–H groups in total. The van der Waals surface area contributed by atoms with Gasteiger partial charge in [0.25, 0.3) is 0 Å². The molecule has 21 heavy (non-hydrogen) atoms. The van der Waals surface area contributed by atoms with Gasteiger partial charge in [0.2, 0.25) is 0 Å². The normalized spacial score (nSPS) is 11.5. The van der Waals surface area contributed by atoms with E-state index in [2.05, 4.69) is 0 Å². The summed E-state index contributed by atoms with van der Waals surface area (Å²) in [7, 11) is 0. The van der Waals surface area contributed by atoms with Gasteiger partial charge < -0.3 is 0 Å². The van der Waals surface area contributed by atoms with Crippen molar-refractivity contribution in [3.05, 3.63) is 70.5 Å². The average molecular weight is 296 g/mol. The Balaban J connectivity index is 2.28. The SMILES string of the molecule is Cc1cccc(CC(=O)c2ccc(F)c(C(F)(F)F)c2)c1. The number of carbonyl (C=O) groups excluding carboxylic acids is 1. The van der Waals surface area contributed by atoms with E-state index < -0.39 is 23.3 Å². The fourth-order valence-electron chi connectivity index (χ4n) is 2.03. The first-order valence-corrected chi connectivity index (χ1v) is 6.23. The van der Waals surface area contributed by atoms with E-state index in [0.717, 1.165) is 11.6 Å². The van der Waals surface area contributed by atoms with Gasteiger partial charge in [0, 0.05) is 12.0 Å². The van der Waals surface area contributed by atoms with E-state index in [0.29, 0.717) is 17.7 Å². The highest BCUT2D eigenvalue weighted by Crippen LogP contribution is 2.32. The van der Waals surface area contributed by atoms with Gasteiger partial charge in [-0.05, 0) is 30.7 Å². The quantitative estimate of drug-likeness (QED) is 0.598. The molecule has 0 aliphatic heterocycles. The maximum Gasteiger partial charge on any atom is 0.419 e. The van der Waals surface area contributed by atoms with Gasteiger partial charge in [0.15, 0.2) is 5.78 Å². The van der Waals surface area contributed by atoms with Gasteiger partial charge in [-0.3, -0.25) is 4.79 Å². The van der Waals surface area contributed by atoms with E-state index >= 15 is 0 Å². The fourth-order valence-corrected chi connectivity index (χ4v) is 2.03. The van der Waals surface area contributed by atoms with Crippen LogP contribution in [0.2, 0.25) is 0 Å². The van der Waals surface area contributed by atoms with E-state index in [4.69, 9.17) is 0 Å². The van der Waals surface area contributed by atoms with Gasteiger partial charge in [-0.2, -0.15) is 13.2 Å². The zero-order chi connectivity index (χ0) is 15.6. The van der Waals surface area contributed by atoms with Gasteiger partial charge in [0.1, 0.15) is 5.82 Å². The molecule has 0 aliphatic carbocycles. The van der Waals surface area contributed by atoms with Crippen LogP contribution in [0.25, 0.3) is 0 Å². The second-order valence-electron chi connectivity index (χ2n) is 4.78. The first-order chi connectivity index (χ1) is 9.77. The molecule has 1 nitrogen and oxygen atoms in total. The third-order valence-electron chi connectivity index (χ3n) is 3.04. The minimum absolute atomic E-state index is 0.0232. The summed E-state index contributed by atoms with van der Waals surface area (Å²) in [4.78, 5) is 12.0. The summed E-state index contributed by atoms with van der Waals surface area (Å²) in [6.07, 6.45) is -4.84. The highest BCUT2D eigenvalue weighted by molar-refractivity contribution is 5.97. The summed E-state index contributed by atoms with van der Waals surface area (Å²) in [6.45, 7) is 1.85. The molecule has 5 heteroatoms. The highest BCUT2D eigenvalue weighted by atomic mass is 19.4. The van der Waals surface area contributed by atoms with Crippen molar-refractivity contribution < 1.29 is 22.4 Å². The lowest BCUT2D eigenvalue weighted by Crippen LogP contribution is -2.11. The van der Waals surface area contributed by atoms with Crippen LogP contribution in [-0.4, -0.2) is 5.78 Å². The van der Waals surface area contributed by atoms with Gasteiger partial charge in [-0.25, -0.2) is 4.39 Å². The largest absolute Gasteiger partial charge is 0.419 e. The molecule has 0 heterocycles. The molecule has 0 aromatic heterocycles. The second-order valence-corrected chi connectivity index (χ2v) is 4.78. The van der Waals surface area contributed by atoms with Crippen LogP contribution < -0.4 is 0 Å². The number of hydrogen-bond acceptors (Lipinski definition) is 1. The molecule has 0 spiro atoms. The molecule has 2 rings (SSSR count). The van der Waals surface area contributed by atoms with Crippen LogP contribution in [0.1, 0.15) is 27.0 Å². The van der Waals surface area contributed by atoms with Crippen LogP contribution in [0.4, 0.5) is 17.6 Å². The molecule has 0 amide bonds. The predicted molar refractivity (Wildman–Crippen MR) is 70.6 cm³/mol. The molecule has 0 saturated carbocycles. The van der Waals surface area contributed by atoms with Crippen molar-refractivity contribution in [1.82, 2.24) is 0 Å². The third-order valence-corrected chi connectivity index (χ3v) is 3.04. The van der Waals surface area contributed by atoms with Crippen LogP contribution in [0, 0.1) is 12.7 Å². The first-order valence-electron chi connectivity index (χ1n) is 6.23. The van der Waals surface area contributed by atoms with Crippen LogP contribution in [0.3, 0.4) is 0 Å². The fraction of sp³-hybridized carbons (Fsp3) is 0.188. The van der Waals surface area contributed by atoms with E-state index in [1.807, 2.05) is 13.0 Å². The Morgan fingerprint density at radius 2 is 1.81 bits per heavy atom. The van der Waals surface area contributed by atoms with E-state index in [9.17, 15) is 22.4 Å². The zero-order valence-electron chi connectivity index (χ0n) is 11.2. The monoisotopic (exact) mass is 296 g/mol. The first kappa shape index (κ1) is 15.2. The zero-order valence-corrected chi connectivity index (χ0v) is 11.2. The van der Waals surface area contributed by atoms with Crippen molar-refractivity contribution in [2.75, 3.05) is 0 Å². The van der Waals surface area contributed by atoms with Crippen molar-refractivity contribution in [3.63, 3.8) is 0 Å². The summed E-state index contributed by atoms with van der Waals surface area (Å²) in [5, 5.41) is 0. The number of Topliss-reactive ketones (excluding diaryl/α,β-unsaturated/α-hetero) is 1. The number of halogens is 4. The third kappa shape index (κ3) is 3.68. The number of rotatable bonds is 3. The number of ketones is 1. The standard InChI is InChI=1S/C16H12F4O/c1-10-3-2-4-11(7-10)8-15(21)12-5-6-14(17)13(9-12)16(18,19)20/h2-7,9H,8H2,1H3. The predicted octanol–water partition coefficient (Wildman–Crippen LogP) is 4.58. The van der Waals surface area contributed by atoms with Gasteiger partial charge in [-0.1, -0.05) is 29.8 Å². The Labute approximate surface area is 119 Å². The topological polar surface area (TPSA) is 17.1 Å². The van der Waals surface area contributed by atoms with Crippen LogP contribution >= 0.6 is 0 Å². The minimum Gasteiger partial charge on any atom is -0.294 e. The highest BCUT2D eigenvalue weighted by Gasteiger charge is 2.34. The summed E-state index contributed by atoms with van der Waals surface area (Å²) < 4.78 is 51.0. The number of hydrogen-bond donors (Lipinski definition) is 0. The van der Waals surface area contributed by atoms with Crippen LogP contribution in [0.5, 0.6) is 0 Å². The average Bonchev–Trinajstić information content (AvgIpc) is 2.37. The molecule has 110 valence electrons. The van der Waals surface area contributed by atoms with Gasteiger partial charge >= 0.3 is 6.18 Å². The summed E-state index contributed by atoms with van der Waals surface area (Å²) in [5.41, 5.74) is 0.0936. The number of aryl methyl sites for hydroxylation is 1. The van der Waals surface area contributed by atoms with Gasteiger partial charge in [0.05, 0.1) is 5.56 Å². The lowest BCUT2D eigenvalue weighted by Gasteiger charge is -2.10. The molecule has 0 radical (unpaired) electrons. The summed E-state index contributed by atoms with van der Waals surface area (Å²) >= 11 is 0. The Morgan fingerprint density at radius 3 is 2.43 bits per heavy atom. The van der Waals surface area contributed by atoms with Crippen molar-refractivity contribution in [2.45, 2.75) is 19.5 Å². The number of alkyl halides is 3. The van der Waals surface area contributed by atoms with Crippen LogP contribution in [0.15, 0.2) is 42.5 Å². The van der Waals surface area contributed by atoms with Crippen molar-refractivity contribution in [1.29, 1.82) is 0 Å². The molecular weight excluding hydrogens is 284 g/mol. The molecule has 0 bridgehead atoms. The maximum absolute atomic E-state index is 13.2. The molecule has 0 fully saturated rings. The molecule has 0 atom stereocenters. The van der Waals surface area contributed by atoms with Crippen molar-refractivity contribution >= 4 is 5.78 Å². The Bertz CT molecular complexity index is 674. The lowest BCUT2D eigenvalue weighted by atomic mass is 10.00. The number of carbonyl (C=O) groups is 1. The Kier molecular flexibility index (Phi) is 4.11. The molecule has 0 unspecified atom stereocenters. The summed E-state index contributed by atoms with van der Waals surface area (Å²) in [5.74, 6) is -1.86. The van der Waals surface area contributed by atoms with Crippen molar-refractivity contribution in [3.8, 4) is 0 Å². The number of benzene rings is 2. The molecule has 0 saturated heterocycles. The van der Waals surface area contributed by atoms with E-state index in [1.165, 1.54) is 0 Å². The lowest BCUT2D eigenvalue weighted by molar-refractivity contribution is -0.140. The van der Waals surface area contributed by atoms with E-state index in [-0.39, 0.29) is 12.0 Å². The summed E-state index contributed by atoms with van der Waals surface area (Å²) in [6, 6.07) is 9.44. The Morgan fingerprint density at radius 1 is 1.10 bits per heavy atom. The molecular formula is C16H12F4O. The molecule has 2 aromatic carbocycles. The second kappa shape index (κ2) is 5.68. The van der Waals surface area contributed by atoms with E-state index in [1.54, 1.807) is 18.2 Å².